The Kier molecular flexibility index (Phi) is 10.2. The van der Waals surface area contributed by atoms with Crippen molar-refractivity contribution in [1.29, 1.82) is 0 Å². The molecule has 0 aliphatic heterocycles. The molecule has 1 aliphatic rings. The topological polar surface area (TPSA) is 96.0 Å². The SMILES string of the molecule is COc1ccc(N(CC(=O)N(Cc2ccccc2F)[C@@H](C)C(=O)NC2CCCCC2)S(=O)(=O)c2ccc(C)cc2)cc1. The van der Waals surface area contributed by atoms with E-state index in [1.165, 1.54) is 30.2 Å². The highest BCUT2D eigenvalue weighted by atomic mass is 32.2. The van der Waals surface area contributed by atoms with Crippen LogP contribution in [0.15, 0.2) is 77.7 Å². The molecule has 1 atom stereocenters. The number of methoxy groups -OCH3 is 1. The van der Waals surface area contributed by atoms with Crippen LogP contribution in [-0.4, -0.2) is 50.9 Å². The number of amides is 2. The molecule has 8 nitrogen and oxygen atoms in total. The van der Waals surface area contributed by atoms with Crippen LogP contribution in [0.1, 0.15) is 50.2 Å². The monoisotopic (exact) mass is 595 g/mol. The Labute approximate surface area is 247 Å². The van der Waals surface area contributed by atoms with Gasteiger partial charge in [-0.25, -0.2) is 12.8 Å². The maximum Gasteiger partial charge on any atom is 0.264 e. The van der Waals surface area contributed by atoms with Crippen molar-refractivity contribution < 1.29 is 27.1 Å². The van der Waals surface area contributed by atoms with E-state index in [0.29, 0.717) is 5.75 Å². The number of benzene rings is 3. The summed E-state index contributed by atoms with van der Waals surface area (Å²) in [5.74, 6) is -0.999. The maximum absolute atomic E-state index is 14.7. The molecule has 1 fully saturated rings. The van der Waals surface area contributed by atoms with E-state index in [0.717, 1.165) is 42.0 Å². The summed E-state index contributed by atoms with van der Waals surface area (Å²) in [6, 6.07) is 17.7. The van der Waals surface area contributed by atoms with Gasteiger partial charge in [0.25, 0.3) is 10.0 Å². The Morgan fingerprint density at radius 2 is 1.62 bits per heavy atom. The van der Waals surface area contributed by atoms with Crippen LogP contribution in [0.5, 0.6) is 5.75 Å². The van der Waals surface area contributed by atoms with E-state index in [-0.39, 0.29) is 34.6 Å². The summed E-state index contributed by atoms with van der Waals surface area (Å²) >= 11 is 0. The van der Waals surface area contributed by atoms with Crippen LogP contribution in [0.3, 0.4) is 0 Å². The van der Waals surface area contributed by atoms with E-state index in [9.17, 15) is 22.4 Å². The van der Waals surface area contributed by atoms with E-state index < -0.39 is 34.3 Å². The van der Waals surface area contributed by atoms with Gasteiger partial charge in [0.15, 0.2) is 0 Å². The minimum atomic E-state index is -4.20. The molecule has 0 bridgehead atoms. The van der Waals surface area contributed by atoms with Gasteiger partial charge in [-0.3, -0.25) is 13.9 Å². The Hall–Kier alpha value is -3.92. The highest BCUT2D eigenvalue weighted by Gasteiger charge is 2.33. The van der Waals surface area contributed by atoms with Crippen LogP contribution >= 0.6 is 0 Å². The zero-order valence-electron chi connectivity index (χ0n) is 24.3. The third kappa shape index (κ3) is 7.47. The van der Waals surface area contributed by atoms with E-state index in [2.05, 4.69) is 5.32 Å². The molecule has 3 aromatic carbocycles. The standard InChI is InChI=1S/C32H38FN3O5S/c1-23-13-19-29(20-14-23)42(39,40)36(27-15-17-28(41-3)18-16-27)22-31(37)35(21-25-9-7-8-12-30(25)33)24(2)32(38)34-26-10-5-4-6-11-26/h7-9,12-20,24,26H,4-6,10-11,21-22H2,1-3H3,(H,34,38)/t24-/m0/s1. The van der Waals surface area contributed by atoms with Crippen molar-refractivity contribution in [2.45, 2.75) is 69.5 Å². The largest absolute Gasteiger partial charge is 0.497 e. The van der Waals surface area contributed by atoms with Crippen LogP contribution in [-0.2, 0) is 26.2 Å². The van der Waals surface area contributed by atoms with Gasteiger partial charge < -0.3 is 15.0 Å². The van der Waals surface area contributed by atoms with Gasteiger partial charge in [0.1, 0.15) is 24.2 Å². The predicted molar refractivity (Wildman–Crippen MR) is 160 cm³/mol. The summed E-state index contributed by atoms with van der Waals surface area (Å²) in [6.45, 7) is 2.63. The first kappa shape index (κ1) is 31.0. The van der Waals surface area contributed by atoms with Crippen molar-refractivity contribution in [3.8, 4) is 5.75 Å². The van der Waals surface area contributed by atoms with Gasteiger partial charge in [0.2, 0.25) is 11.8 Å². The molecule has 0 radical (unpaired) electrons. The fraction of sp³-hybridized carbons (Fsp3) is 0.375. The summed E-state index contributed by atoms with van der Waals surface area (Å²) in [4.78, 5) is 28.7. The Bertz CT molecular complexity index is 1470. The van der Waals surface area contributed by atoms with Gasteiger partial charge in [-0.05, 0) is 69.2 Å². The van der Waals surface area contributed by atoms with Crippen LogP contribution in [0, 0.1) is 12.7 Å². The lowest BCUT2D eigenvalue weighted by Gasteiger charge is -2.33. The highest BCUT2D eigenvalue weighted by Crippen LogP contribution is 2.27. The number of carbonyl (C=O) groups is 2. The van der Waals surface area contributed by atoms with E-state index in [4.69, 9.17) is 4.74 Å². The number of ether oxygens (including phenoxy) is 1. The minimum Gasteiger partial charge on any atom is -0.497 e. The van der Waals surface area contributed by atoms with Crippen molar-refractivity contribution >= 4 is 27.5 Å². The Balaban J connectivity index is 1.68. The lowest BCUT2D eigenvalue weighted by atomic mass is 9.95. The number of aryl methyl sites for hydroxylation is 1. The van der Waals surface area contributed by atoms with E-state index in [1.54, 1.807) is 61.5 Å². The molecule has 1 saturated carbocycles. The molecule has 0 saturated heterocycles. The zero-order chi connectivity index (χ0) is 30.3. The van der Waals surface area contributed by atoms with Crippen molar-refractivity contribution in [3.05, 3.63) is 89.7 Å². The number of hydrogen-bond acceptors (Lipinski definition) is 5. The van der Waals surface area contributed by atoms with Gasteiger partial charge in [-0.2, -0.15) is 0 Å². The second-order valence-electron chi connectivity index (χ2n) is 10.7. The molecular weight excluding hydrogens is 557 g/mol. The summed E-state index contributed by atoms with van der Waals surface area (Å²) < 4.78 is 48.8. The molecule has 0 unspecified atom stereocenters. The average molecular weight is 596 g/mol. The minimum absolute atomic E-state index is 0.0110. The molecule has 3 aromatic rings. The van der Waals surface area contributed by atoms with Gasteiger partial charge in [0.05, 0.1) is 17.7 Å². The number of nitrogens with zero attached hydrogens (tertiary/aromatic N) is 2. The molecule has 1 N–H and O–H groups in total. The first-order chi connectivity index (χ1) is 20.1. The summed E-state index contributed by atoms with van der Waals surface area (Å²) in [5.41, 5.74) is 1.35. The van der Waals surface area contributed by atoms with Crippen molar-refractivity contribution in [1.82, 2.24) is 10.2 Å². The molecule has 224 valence electrons. The maximum atomic E-state index is 14.7. The number of anilines is 1. The fourth-order valence-electron chi connectivity index (χ4n) is 5.08. The second kappa shape index (κ2) is 13.8. The second-order valence-corrected chi connectivity index (χ2v) is 12.5. The van der Waals surface area contributed by atoms with Gasteiger partial charge >= 0.3 is 0 Å². The van der Waals surface area contributed by atoms with E-state index >= 15 is 0 Å². The van der Waals surface area contributed by atoms with Crippen molar-refractivity contribution in [2.24, 2.45) is 0 Å². The third-order valence-electron chi connectivity index (χ3n) is 7.67. The van der Waals surface area contributed by atoms with E-state index in [1.807, 2.05) is 6.92 Å². The molecule has 0 heterocycles. The average Bonchev–Trinajstić information content (AvgIpc) is 2.99. The van der Waals surface area contributed by atoms with Gasteiger partial charge in [0, 0.05) is 18.2 Å². The Morgan fingerprint density at radius 1 is 0.976 bits per heavy atom. The number of sulfonamides is 1. The molecule has 42 heavy (non-hydrogen) atoms. The summed E-state index contributed by atoms with van der Waals surface area (Å²) in [5, 5.41) is 3.04. The molecule has 2 amide bonds. The third-order valence-corrected chi connectivity index (χ3v) is 9.45. The first-order valence-electron chi connectivity index (χ1n) is 14.2. The summed E-state index contributed by atoms with van der Waals surface area (Å²) in [7, 11) is -2.70. The normalized spacial score (nSPS) is 14.6. The first-order valence-corrected chi connectivity index (χ1v) is 15.6. The molecule has 1 aliphatic carbocycles. The predicted octanol–water partition coefficient (Wildman–Crippen LogP) is 5.20. The van der Waals surface area contributed by atoms with Crippen LogP contribution in [0.25, 0.3) is 0 Å². The quantitative estimate of drug-likeness (QED) is 0.329. The number of rotatable bonds is 11. The summed E-state index contributed by atoms with van der Waals surface area (Å²) in [6.07, 6.45) is 4.88. The fourth-order valence-corrected chi connectivity index (χ4v) is 6.49. The van der Waals surface area contributed by atoms with Crippen LogP contribution in [0.2, 0.25) is 0 Å². The highest BCUT2D eigenvalue weighted by molar-refractivity contribution is 7.92. The molecule has 10 heteroatoms. The number of carbonyl (C=O) groups excluding carboxylic acids is 2. The number of halogens is 1. The lowest BCUT2D eigenvalue weighted by molar-refractivity contribution is -0.139. The van der Waals surface area contributed by atoms with Crippen LogP contribution in [0.4, 0.5) is 10.1 Å². The van der Waals surface area contributed by atoms with Crippen LogP contribution < -0.4 is 14.4 Å². The van der Waals surface area contributed by atoms with Crippen molar-refractivity contribution in [3.63, 3.8) is 0 Å². The molecular formula is C32H38FN3O5S. The number of nitrogens with one attached hydrogen (secondary N) is 1. The van der Waals surface area contributed by atoms with Crippen molar-refractivity contribution in [2.75, 3.05) is 18.0 Å². The molecule has 4 rings (SSSR count). The van der Waals surface area contributed by atoms with Gasteiger partial charge in [-0.1, -0.05) is 55.2 Å². The molecule has 0 aromatic heterocycles. The molecule has 0 spiro atoms. The smallest absolute Gasteiger partial charge is 0.264 e. The Morgan fingerprint density at radius 3 is 2.24 bits per heavy atom. The number of hydrogen-bond donors (Lipinski definition) is 1. The zero-order valence-corrected chi connectivity index (χ0v) is 25.1. The lowest BCUT2D eigenvalue weighted by Crippen LogP contribution is -2.53. The van der Waals surface area contributed by atoms with Gasteiger partial charge in [-0.15, -0.1) is 0 Å².